The van der Waals surface area contributed by atoms with Gasteiger partial charge in [0.15, 0.2) is 17.0 Å². The lowest BCUT2D eigenvalue weighted by atomic mass is 10.1. The number of alkyl halides is 3. The number of hydrogen-bond acceptors (Lipinski definition) is 8. The third-order valence-electron chi connectivity index (χ3n) is 5.43. The van der Waals surface area contributed by atoms with Crippen LogP contribution in [0.5, 0.6) is 0 Å². The van der Waals surface area contributed by atoms with Gasteiger partial charge in [0.05, 0.1) is 31.9 Å². The van der Waals surface area contributed by atoms with Gasteiger partial charge in [0.2, 0.25) is 5.95 Å². The van der Waals surface area contributed by atoms with Crippen LogP contribution in [0.4, 0.5) is 24.9 Å². The molecule has 9 nitrogen and oxygen atoms in total. The van der Waals surface area contributed by atoms with Gasteiger partial charge < -0.3 is 19.6 Å². The Bertz CT molecular complexity index is 1080. The van der Waals surface area contributed by atoms with Crippen molar-refractivity contribution in [2.75, 3.05) is 55.8 Å². The van der Waals surface area contributed by atoms with E-state index in [2.05, 4.69) is 15.3 Å². The number of hydrogen-bond donors (Lipinski definition) is 1. The molecule has 2 aromatic heterocycles. The molecule has 33 heavy (non-hydrogen) atoms. The summed E-state index contributed by atoms with van der Waals surface area (Å²) in [6.45, 7) is 5.01. The van der Waals surface area contributed by atoms with Crippen molar-refractivity contribution < 1.29 is 23.0 Å². The highest BCUT2D eigenvalue weighted by molar-refractivity contribution is 5.84. The fourth-order valence-corrected chi connectivity index (χ4v) is 3.87. The molecule has 4 rings (SSSR count). The van der Waals surface area contributed by atoms with Crippen molar-refractivity contribution in [2.45, 2.75) is 26.1 Å². The second-order valence-corrected chi connectivity index (χ2v) is 7.73. The number of halogens is 3. The monoisotopic (exact) mass is 465 g/mol. The Morgan fingerprint density at radius 1 is 1.12 bits per heavy atom. The Hall–Kier alpha value is -2.99. The number of nitrogens with zero attached hydrogens (tertiary/aromatic N) is 7. The first-order valence-corrected chi connectivity index (χ1v) is 10.9. The number of benzene rings is 1. The Balaban J connectivity index is 1.81. The van der Waals surface area contributed by atoms with E-state index in [0.29, 0.717) is 62.3 Å². The second-order valence-electron chi connectivity index (χ2n) is 7.73. The van der Waals surface area contributed by atoms with Crippen LogP contribution in [-0.2, 0) is 17.5 Å². The maximum Gasteiger partial charge on any atom is 0.416 e. The molecule has 1 N–H and O–H groups in total. The fourth-order valence-electron chi connectivity index (χ4n) is 3.87. The first-order valence-electron chi connectivity index (χ1n) is 10.9. The highest BCUT2D eigenvalue weighted by Gasteiger charge is 2.33. The first-order chi connectivity index (χ1) is 15.9. The summed E-state index contributed by atoms with van der Waals surface area (Å²) in [6, 6.07) is 5.41. The molecule has 1 fully saturated rings. The van der Waals surface area contributed by atoms with Crippen molar-refractivity contribution in [3.63, 3.8) is 0 Å². The van der Waals surface area contributed by atoms with Crippen LogP contribution in [0.2, 0.25) is 0 Å². The van der Waals surface area contributed by atoms with Gasteiger partial charge in [0.1, 0.15) is 0 Å². The molecular weight excluding hydrogens is 439 g/mol. The summed E-state index contributed by atoms with van der Waals surface area (Å²) in [5.74, 6) is 0.945. The third-order valence-corrected chi connectivity index (χ3v) is 5.43. The molecule has 0 bridgehead atoms. The zero-order valence-electron chi connectivity index (χ0n) is 18.3. The van der Waals surface area contributed by atoms with Crippen LogP contribution in [0.3, 0.4) is 0 Å². The van der Waals surface area contributed by atoms with E-state index < -0.39 is 11.7 Å². The predicted octanol–water partition coefficient (Wildman–Crippen LogP) is 2.33. The van der Waals surface area contributed by atoms with Crippen LogP contribution in [0, 0.1) is 0 Å². The van der Waals surface area contributed by atoms with Crippen LogP contribution >= 0.6 is 0 Å². The number of morpholine rings is 1. The van der Waals surface area contributed by atoms with Gasteiger partial charge >= 0.3 is 6.18 Å². The van der Waals surface area contributed by atoms with Gasteiger partial charge in [-0.15, -0.1) is 5.10 Å². The Kier molecular flexibility index (Phi) is 6.94. The zero-order chi connectivity index (χ0) is 23.4. The second kappa shape index (κ2) is 9.87. The highest BCUT2D eigenvalue weighted by Crippen LogP contribution is 2.33. The molecule has 0 unspecified atom stereocenters. The average Bonchev–Trinajstić information content (AvgIpc) is 3.21. The summed E-state index contributed by atoms with van der Waals surface area (Å²) < 4.78 is 47.3. The van der Waals surface area contributed by atoms with E-state index in [4.69, 9.17) is 9.72 Å². The lowest BCUT2D eigenvalue weighted by molar-refractivity contribution is -0.138. The van der Waals surface area contributed by atoms with E-state index in [1.165, 1.54) is 16.8 Å². The van der Waals surface area contributed by atoms with Crippen LogP contribution in [0.1, 0.15) is 24.5 Å². The Morgan fingerprint density at radius 2 is 1.88 bits per heavy atom. The predicted molar refractivity (Wildman–Crippen MR) is 116 cm³/mol. The summed E-state index contributed by atoms with van der Waals surface area (Å²) in [5, 5.41) is 17.9. The first kappa shape index (κ1) is 23.2. The maximum atomic E-state index is 13.5. The van der Waals surface area contributed by atoms with E-state index in [9.17, 15) is 18.3 Å². The molecule has 1 aliphatic rings. The SMILES string of the molecule is CCCN(CCO)c1nc(N2CCOCC2)nc2c1nnn2Cc1ccccc1C(F)(F)F. The number of aliphatic hydroxyl groups is 1. The van der Waals surface area contributed by atoms with Crippen molar-refractivity contribution in [3.8, 4) is 0 Å². The lowest BCUT2D eigenvalue weighted by Gasteiger charge is -2.28. The van der Waals surface area contributed by atoms with E-state index in [1.54, 1.807) is 6.07 Å². The topological polar surface area (TPSA) is 92.4 Å². The van der Waals surface area contributed by atoms with Gasteiger partial charge in [0.25, 0.3) is 0 Å². The van der Waals surface area contributed by atoms with Crippen molar-refractivity contribution in [3.05, 3.63) is 35.4 Å². The molecule has 3 aromatic rings. The minimum absolute atomic E-state index is 0.0747. The average molecular weight is 465 g/mol. The Morgan fingerprint density at radius 3 is 2.58 bits per heavy atom. The fraction of sp³-hybridized carbons (Fsp3) is 0.524. The van der Waals surface area contributed by atoms with Gasteiger partial charge in [-0.1, -0.05) is 30.3 Å². The van der Waals surface area contributed by atoms with Gasteiger partial charge in [-0.25, -0.2) is 4.68 Å². The van der Waals surface area contributed by atoms with Crippen LogP contribution in [0.25, 0.3) is 11.2 Å². The van der Waals surface area contributed by atoms with E-state index in [-0.39, 0.29) is 18.7 Å². The molecule has 1 saturated heterocycles. The van der Waals surface area contributed by atoms with Crippen LogP contribution in [0.15, 0.2) is 24.3 Å². The highest BCUT2D eigenvalue weighted by atomic mass is 19.4. The molecule has 0 atom stereocenters. The lowest BCUT2D eigenvalue weighted by Crippen LogP contribution is -2.38. The molecule has 12 heteroatoms. The van der Waals surface area contributed by atoms with Crippen molar-refractivity contribution in [1.82, 2.24) is 25.0 Å². The standard InChI is InChI=1S/C21H26F3N7O2/c1-2-7-29(8-11-32)18-17-19(26-20(25-18)30-9-12-33-13-10-30)31(28-27-17)14-15-5-3-4-6-16(15)21(22,23)24/h3-6,32H,2,7-14H2,1H3. The normalized spacial score (nSPS) is 14.8. The molecule has 1 aliphatic heterocycles. The molecule has 0 saturated carbocycles. The quantitative estimate of drug-likeness (QED) is 0.542. The summed E-state index contributed by atoms with van der Waals surface area (Å²) >= 11 is 0. The number of fused-ring (bicyclic) bond motifs is 1. The van der Waals surface area contributed by atoms with Gasteiger partial charge in [-0.3, -0.25) is 0 Å². The summed E-state index contributed by atoms with van der Waals surface area (Å²) in [7, 11) is 0. The van der Waals surface area contributed by atoms with E-state index >= 15 is 0 Å². The molecule has 1 aromatic carbocycles. The molecule has 178 valence electrons. The third kappa shape index (κ3) is 5.01. The van der Waals surface area contributed by atoms with Crippen molar-refractivity contribution in [1.29, 1.82) is 0 Å². The summed E-state index contributed by atoms with van der Waals surface area (Å²) in [4.78, 5) is 13.2. The minimum atomic E-state index is -4.48. The number of aliphatic hydroxyl groups excluding tert-OH is 1. The molecule has 0 spiro atoms. The number of aromatic nitrogens is 5. The summed E-state index contributed by atoms with van der Waals surface area (Å²) in [6.07, 6.45) is -3.67. The van der Waals surface area contributed by atoms with Crippen molar-refractivity contribution >= 4 is 22.9 Å². The molecule has 0 radical (unpaired) electrons. The Labute approximate surface area is 188 Å². The van der Waals surface area contributed by atoms with Gasteiger partial charge in [-0.05, 0) is 18.1 Å². The van der Waals surface area contributed by atoms with Gasteiger partial charge in [0, 0.05) is 26.2 Å². The van der Waals surface area contributed by atoms with Gasteiger partial charge in [-0.2, -0.15) is 23.1 Å². The minimum Gasteiger partial charge on any atom is -0.395 e. The molecule has 0 amide bonds. The molecular formula is C21H26F3N7O2. The zero-order valence-corrected chi connectivity index (χ0v) is 18.3. The van der Waals surface area contributed by atoms with E-state index in [0.717, 1.165) is 12.5 Å². The largest absolute Gasteiger partial charge is 0.416 e. The van der Waals surface area contributed by atoms with E-state index in [1.807, 2.05) is 16.7 Å². The number of anilines is 2. The van der Waals surface area contributed by atoms with Crippen molar-refractivity contribution in [2.24, 2.45) is 0 Å². The number of rotatable bonds is 8. The molecule has 0 aliphatic carbocycles. The van der Waals surface area contributed by atoms with Crippen LogP contribution < -0.4 is 9.80 Å². The summed E-state index contributed by atoms with van der Waals surface area (Å²) in [5.41, 5.74) is 0.0887. The number of ether oxygens (including phenoxy) is 1. The smallest absolute Gasteiger partial charge is 0.395 e. The maximum absolute atomic E-state index is 13.5. The molecule has 3 heterocycles. The van der Waals surface area contributed by atoms with Crippen LogP contribution in [-0.4, -0.2) is 76.1 Å².